The van der Waals surface area contributed by atoms with Gasteiger partial charge in [0, 0.05) is 16.5 Å². The van der Waals surface area contributed by atoms with Gasteiger partial charge in [0.05, 0.1) is 11.4 Å². The Labute approximate surface area is 135 Å². The molecule has 3 rings (SSSR count). The van der Waals surface area contributed by atoms with Crippen molar-refractivity contribution < 1.29 is 4.79 Å². The molecule has 23 heavy (non-hydrogen) atoms. The molecule has 4 heteroatoms. The molecule has 2 aromatic rings. The summed E-state index contributed by atoms with van der Waals surface area (Å²) in [5, 5.41) is 3.77. The summed E-state index contributed by atoms with van der Waals surface area (Å²) >= 11 is 0. The average molecular weight is 307 g/mol. The molecule has 0 heterocycles. The summed E-state index contributed by atoms with van der Waals surface area (Å²) in [6, 6.07) is 8.04. The highest BCUT2D eigenvalue weighted by Crippen LogP contribution is 2.19. The van der Waals surface area contributed by atoms with Crippen molar-refractivity contribution in [2.24, 2.45) is 16.5 Å². The highest BCUT2D eigenvalue weighted by molar-refractivity contribution is 6.64. The number of aliphatic imine (C=N–C) groups is 1. The number of nitrogens with zero attached hydrogens (tertiary/aromatic N) is 1. The van der Waals surface area contributed by atoms with Crippen LogP contribution in [0, 0.1) is 13.8 Å². The van der Waals surface area contributed by atoms with Crippen LogP contribution >= 0.6 is 0 Å². The smallest absolute Gasteiger partial charge is 0.229 e. The third kappa shape index (κ3) is 2.22. The standard InChI is InChI=1S/C19H21N3O/c1-9(2)22-18-17(21)15-11(4)14-10(3)6-5-7-12(14)8-13(15)16(20)19(18)23/h5-9H,20-21H2,1-4H3. The van der Waals surface area contributed by atoms with Crippen molar-refractivity contribution >= 4 is 33.7 Å². The Kier molecular flexibility index (Phi) is 3.48. The number of rotatable bonds is 1. The second-order valence-electron chi connectivity index (χ2n) is 6.33. The van der Waals surface area contributed by atoms with E-state index in [0.29, 0.717) is 10.9 Å². The molecule has 4 nitrogen and oxygen atoms in total. The lowest BCUT2D eigenvalue weighted by Gasteiger charge is -2.17. The second kappa shape index (κ2) is 5.23. The van der Waals surface area contributed by atoms with Gasteiger partial charge in [-0.3, -0.25) is 9.79 Å². The largest absolute Gasteiger partial charge is 0.396 e. The Balaban J connectivity index is 2.60. The van der Waals surface area contributed by atoms with Gasteiger partial charge in [-0.15, -0.1) is 0 Å². The lowest BCUT2D eigenvalue weighted by atomic mass is 9.91. The van der Waals surface area contributed by atoms with Crippen LogP contribution in [-0.4, -0.2) is 17.5 Å². The molecule has 0 amide bonds. The van der Waals surface area contributed by atoms with E-state index in [2.05, 4.69) is 18.0 Å². The van der Waals surface area contributed by atoms with E-state index in [1.165, 1.54) is 5.56 Å². The Bertz CT molecular complexity index is 997. The van der Waals surface area contributed by atoms with E-state index in [4.69, 9.17) is 11.5 Å². The third-order valence-corrected chi connectivity index (χ3v) is 4.29. The third-order valence-electron chi connectivity index (χ3n) is 4.29. The maximum atomic E-state index is 12.6. The van der Waals surface area contributed by atoms with Gasteiger partial charge in [0.25, 0.3) is 0 Å². The first kappa shape index (κ1) is 15.3. The highest BCUT2D eigenvalue weighted by atomic mass is 16.1. The Morgan fingerprint density at radius 2 is 1.78 bits per heavy atom. The second-order valence-corrected chi connectivity index (χ2v) is 6.33. The molecule has 4 N–H and O–H groups in total. The molecular formula is C19H21N3O. The van der Waals surface area contributed by atoms with E-state index in [-0.39, 0.29) is 23.2 Å². The molecule has 1 aliphatic rings. The first-order valence-electron chi connectivity index (χ1n) is 7.74. The lowest BCUT2D eigenvalue weighted by Crippen LogP contribution is -2.47. The molecule has 2 aromatic carbocycles. The molecule has 0 saturated heterocycles. The number of aryl methyl sites for hydroxylation is 2. The number of hydrogen-bond donors (Lipinski definition) is 2. The van der Waals surface area contributed by atoms with E-state index in [1.54, 1.807) is 0 Å². The van der Waals surface area contributed by atoms with Gasteiger partial charge in [0.2, 0.25) is 5.78 Å². The first-order chi connectivity index (χ1) is 10.8. The van der Waals surface area contributed by atoms with Gasteiger partial charge in [-0.2, -0.15) is 0 Å². The summed E-state index contributed by atoms with van der Waals surface area (Å²) in [4.78, 5) is 17.0. The number of nitrogens with two attached hydrogens (primary N) is 2. The summed E-state index contributed by atoms with van der Waals surface area (Å²) in [6.45, 7) is 7.92. The lowest BCUT2D eigenvalue weighted by molar-refractivity contribution is -0.108. The van der Waals surface area contributed by atoms with Crippen molar-refractivity contribution in [1.29, 1.82) is 0 Å². The van der Waals surface area contributed by atoms with Gasteiger partial charge in [-0.1, -0.05) is 18.2 Å². The van der Waals surface area contributed by atoms with Gasteiger partial charge >= 0.3 is 0 Å². The zero-order chi connectivity index (χ0) is 16.9. The van der Waals surface area contributed by atoms with Crippen LogP contribution < -0.4 is 21.9 Å². The van der Waals surface area contributed by atoms with E-state index in [1.807, 2.05) is 39.0 Å². The number of carbonyl (C=O) groups excluding carboxylic acids is 1. The Morgan fingerprint density at radius 1 is 1.09 bits per heavy atom. The number of hydrogen-bond acceptors (Lipinski definition) is 4. The van der Waals surface area contributed by atoms with Crippen LogP contribution in [-0.2, 0) is 4.79 Å². The molecule has 0 fully saturated rings. The van der Waals surface area contributed by atoms with Crippen LogP contribution in [0.15, 0.2) is 29.3 Å². The van der Waals surface area contributed by atoms with E-state index in [0.717, 1.165) is 21.6 Å². The topological polar surface area (TPSA) is 81.5 Å². The molecule has 0 radical (unpaired) electrons. The Morgan fingerprint density at radius 3 is 2.43 bits per heavy atom. The number of Topliss-reactive ketones (excluding diaryl/α,β-unsaturated/α-hetero) is 1. The maximum absolute atomic E-state index is 12.6. The number of fused-ring (bicyclic) bond motifs is 2. The van der Waals surface area contributed by atoms with Crippen LogP contribution in [0.1, 0.15) is 25.0 Å². The van der Waals surface area contributed by atoms with Crippen LogP contribution in [0.25, 0.3) is 22.2 Å². The van der Waals surface area contributed by atoms with E-state index in [9.17, 15) is 4.79 Å². The number of benzene rings is 2. The molecule has 1 aliphatic carbocycles. The van der Waals surface area contributed by atoms with Gasteiger partial charge in [0.1, 0.15) is 5.71 Å². The highest BCUT2D eigenvalue weighted by Gasteiger charge is 2.25. The van der Waals surface area contributed by atoms with Crippen molar-refractivity contribution in [2.75, 3.05) is 0 Å². The van der Waals surface area contributed by atoms with E-state index < -0.39 is 0 Å². The quantitative estimate of drug-likeness (QED) is 0.825. The van der Waals surface area contributed by atoms with Gasteiger partial charge < -0.3 is 11.5 Å². The fraction of sp³-hybridized carbons (Fsp3) is 0.263. The summed E-state index contributed by atoms with van der Waals surface area (Å²) < 4.78 is 0. The molecular weight excluding hydrogens is 286 g/mol. The van der Waals surface area contributed by atoms with Crippen LogP contribution in [0.2, 0.25) is 0 Å². The monoisotopic (exact) mass is 307 g/mol. The fourth-order valence-electron chi connectivity index (χ4n) is 3.31. The van der Waals surface area contributed by atoms with Gasteiger partial charge in [-0.25, -0.2) is 0 Å². The SMILES string of the molecule is Cc1cccc2cc3c(c(C)c12)=C(N)C(=NC(C)C)C(=O)C=3N. The minimum absolute atomic E-state index is 0.0238. The van der Waals surface area contributed by atoms with Crippen molar-refractivity contribution in [3.63, 3.8) is 0 Å². The van der Waals surface area contributed by atoms with Crippen molar-refractivity contribution in [1.82, 2.24) is 0 Å². The average Bonchev–Trinajstić information content (AvgIpc) is 2.49. The van der Waals surface area contributed by atoms with Crippen LogP contribution in [0.4, 0.5) is 0 Å². The van der Waals surface area contributed by atoms with E-state index >= 15 is 0 Å². The van der Waals surface area contributed by atoms with Crippen LogP contribution in [0.3, 0.4) is 0 Å². The zero-order valence-electron chi connectivity index (χ0n) is 13.9. The maximum Gasteiger partial charge on any atom is 0.229 e. The first-order valence-corrected chi connectivity index (χ1v) is 7.74. The minimum atomic E-state index is -0.282. The zero-order valence-corrected chi connectivity index (χ0v) is 13.9. The van der Waals surface area contributed by atoms with Gasteiger partial charge in [0.15, 0.2) is 0 Å². The molecule has 0 saturated carbocycles. The van der Waals surface area contributed by atoms with Crippen LogP contribution in [0.5, 0.6) is 0 Å². The molecule has 0 bridgehead atoms. The molecule has 0 atom stereocenters. The summed E-state index contributed by atoms with van der Waals surface area (Å²) in [7, 11) is 0. The van der Waals surface area contributed by atoms with Crippen molar-refractivity contribution in [2.45, 2.75) is 33.7 Å². The normalized spacial score (nSPS) is 16.6. The molecule has 118 valence electrons. The summed E-state index contributed by atoms with van der Waals surface area (Å²) in [5.41, 5.74) is 15.6. The molecule has 0 spiro atoms. The summed E-state index contributed by atoms with van der Waals surface area (Å²) in [6.07, 6.45) is 0. The minimum Gasteiger partial charge on any atom is -0.396 e. The molecule has 0 aliphatic heterocycles. The van der Waals surface area contributed by atoms with Crippen molar-refractivity contribution in [3.8, 4) is 0 Å². The fourth-order valence-corrected chi connectivity index (χ4v) is 3.31. The number of carbonyl (C=O) groups is 1. The van der Waals surface area contributed by atoms with Crippen molar-refractivity contribution in [3.05, 3.63) is 45.8 Å². The predicted molar refractivity (Wildman–Crippen MR) is 95.4 cm³/mol. The predicted octanol–water partition coefficient (Wildman–Crippen LogP) is 1.02. The Hall–Kier alpha value is -2.62. The number of ketones is 1. The molecule has 0 unspecified atom stereocenters. The molecule has 0 aromatic heterocycles. The summed E-state index contributed by atoms with van der Waals surface area (Å²) in [5.74, 6) is -0.282. The van der Waals surface area contributed by atoms with Gasteiger partial charge in [-0.05, 0) is 55.7 Å².